The summed E-state index contributed by atoms with van der Waals surface area (Å²) in [6.45, 7) is 11.2. The van der Waals surface area contributed by atoms with E-state index in [0.717, 1.165) is 25.7 Å². The van der Waals surface area contributed by atoms with Crippen LogP contribution in [0.25, 0.3) is 0 Å². The van der Waals surface area contributed by atoms with Gasteiger partial charge >= 0.3 is 5.97 Å². The highest BCUT2D eigenvalue weighted by molar-refractivity contribution is 6.99. The summed E-state index contributed by atoms with van der Waals surface area (Å²) in [7, 11) is -1.05. The molecule has 0 spiro atoms. The molecule has 1 unspecified atom stereocenters. The van der Waals surface area contributed by atoms with Gasteiger partial charge in [-0.3, -0.25) is 4.79 Å². The largest absolute Gasteiger partial charge is 0.469 e. The zero-order valence-corrected chi connectivity index (χ0v) is 19.9. The summed E-state index contributed by atoms with van der Waals surface area (Å²) in [6.07, 6.45) is 5.03. The number of benzene rings is 2. The molecule has 3 nitrogen and oxygen atoms in total. The zero-order valence-electron chi connectivity index (χ0n) is 18.9. The third-order valence-electron chi connectivity index (χ3n) is 5.69. The van der Waals surface area contributed by atoms with Crippen LogP contribution in [0, 0.1) is 5.92 Å². The van der Waals surface area contributed by atoms with Crippen LogP contribution in [0.15, 0.2) is 73.3 Å². The van der Waals surface area contributed by atoms with E-state index >= 15 is 0 Å². The van der Waals surface area contributed by atoms with Crippen LogP contribution in [0.4, 0.5) is 0 Å². The van der Waals surface area contributed by atoms with E-state index in [1.165, 1.54) is 17.5 Å². The normalized spacial score (nSPS) is 12.9. The lowest BCUT2D eigenvalue weighted by atomic mass is 9.98. The van der Waals surface area contributed by atoms with Crippen LogP contribution in [0.1, 0.15) is 46.5 Å². The molecule has 2 rings (SSSR count). The van der Waals surface area contributed by atoms with E-state index in [1.54, 1.807) is 0 Å². The molecule has 0 aliphatic heterocycles. The number of ether oxygens (including phenoxy) is 1. The van der Waals surface area contributed by atoms with Crippen LogP contribution in [0.3, 0.4) is 0 Å². The van der Waals surface area contributed by atoms with Crippen LogP contribution >= 0.6 is 0 Å². The molecule has 0 N–H and O–H groups in total. The highest BCUT2D eigenvalue weighted by Gasteiger charge is 2.49. The molecule has 0 saturated heterocycles. The molecular formula is C26H36O3Si. The minimum atomic E-state index is -2.51. The molecule has 0 aromatic heterocycles. The number of hydrogen-bond acceptors (Lipinski definition) is 3. The molecule has 4 heteroatoms. The summed E-state index contributed by atoms with van der Waals surface area (Å²) in [5.74, 6) is -0.238. The van der Waals surface area contributed by atoms with Gasteiger partial charge in [0.05, 0.1) is 13.0 Å². The van der Waals surface area contributed by atoms with Crippen LogP contribution < -0.4 is 10.4 Å². The fourth-order valence-corrected chi connectivity index (χ4v) is 8.79. The van der Waals surface area contributed by atoms with Gasteiger partial charge in [-0.2, -0.15) is 0 Å². The molecule has 1 atom stereocenters. The Hall–Kier alpha value is -2.17. The molecule has 162 valence electrons. The Labute approximate surface area is 183 Å². The molecule has 0 saturated carbocycles. The van der Waals surface area contributed by atoms with Gasteiger partial charge < -0.3 is 9.16 Å². The summed E-state index contributed by atoms with van der Waals surface area (Å²) in [5, 5.41) is 2.51. The molecule has 2 aromatic rings. The van der Waals surface area contributed by atoms with Crippen molar-refractivity contribution in [1.82, 2.24) is 0 Å². The van der Waals surface area contributed by atoms with Crippen molar-refractivity contribution in [3.05, 3.63) is 73.3 Å². The number of esters is 1. The fourth-order valence-electron chi connectivity index (χ4n) is 4.18. The molecule has 0 amide bonds. The first kappa shape index (κ1) is 24.1. The van der Waals surface area contributed by atoms with Crippen molar-refractivity contribution in [2.45, 2.75) is 51.5 Å². The van der Waals surface area contributed by atoms with Crippen molar-refractivity contribution < 1.29 is 14.0 Å². The lowest BCUT2D eigenvalue weighted by Crippen LogP contribution is -2.66. The lowest BCUT2D eigenvalue weighted by molar-refractivity contribution is -0.146. The highest BCUT2D eigenvalue weighted by Crippen LogP contribution is 2.37. The fraction of sp³-hybridized carbons (Fsp3) is 0.423. The first-order chi connectivity index (χ1) is 14.4. The molecule has 0 heterocycles. The van der Waals surface area contributed by atoms with Gasteiger partial charge in [-0.1, -0.05) is 87.5 Å². The predicted octanol–water partition coefficient (Wildman–Crippen LogP) is 5.10. The lowest BCUT2D eigenvalue weighted by Gasteiger charge is -2.43. The van der Waals surface area contributed by atoms with Gasteiger partial charge in [0, 0.05) is 6.61 Å². The quantitative estimate of drug-likeness (QED) is 0.218. The van der Waals surface area contributed by atoms with Gasteiger partial charge in [0.2, 0.25) is 0 Å². The molecule has 0 bridgehead atoms. The predicted molar refractivity (Wildman–Crippen MR) is 128 cm³/mol. The molecule has 2 aromatic carbocycles. The van der Waals surface area contributed by atoms with Crippen LogP contribution in [0.2, 0.25) is 5.04 Å². The molecule has 0 aliphatic carbocycles. The van der Waals surface area contributed by atoms with Gasteiger partial charge in [-0.15, -0.1) is 6.58 Å². The third-order valence-corrected chi connectivity index (χ3v) is 10.7. The topological polar surface area (TPSA) is 35.5 Å². The van der Waals surface area contributed by atoms with Crippen molar-refractivity contribution in [2.75, 3.05) is 13.7 Å². The van der Waals surface area contributed by atoms with E-state index in [0.29, 0.717) is 6.61 Å². The Kier molecular flexibility index (Phi) is 9.06. The average Bonchev–Trinajstić information content (AvgIpc) is 2.75. The number of allylic oxidation sites excluding steroid dienone is 1. The maximum absolute atomic E-state index is 12.1. The Morgan fingerprint density at radius 2 is 1.53 bits per heavy atom. The molecule has 0 radical (unpaired) electrons. The minimum Gasteiger partial charge on any atom is -0.469 e. The Balaban J connectivity index is 2.26. The van der Waals surface area contributed by atoms with Gasteiger partial charge in [0.25, 0.3) is 8.32 Å². The maximum atomic E-state index is 12.1. The summed E-state index contributed by atoms with van der Waals surface area (Å²) in [5.41, 5.74) is 0. The van der Waals surface area contributed by atoms with Crippen LogP contribution in [-0.4, -0.2) is 28.0 Å². The number of hydrogen-bond donors (Lipinski definition) is 0. The summed E-state index contributed by atoms with van der Waals surface area (Å²) < 4.78 is 11.9. The number of carbonyl (C=O) groups is 1. The van der Waals surface area contributed by atoms with Gasteiger partial charge in [-0.05, 0) is 41.1 Å². The smallest absolute Gasteiger partial charge is 0.308 e. The second-order valence-corrected chi connectivity index (χ2v) is 13.0. The molecule has 0 aliphatic rings. The Morgan fingerprint density at radius 3 is 1.97 bits per heavy atom. The van der Waals surface area contributed by atoms with E-state index in [9.17, 15) is 4.79 Å². The highest BCUT2D eigenvalue weighted by atomic mass is 28.4. The summed E-state index contributed by atoms with van der Waals surface area (Å²) in [4.78, 5) is 12.1. The SMILES string of the molecule is C=CCCC(CCCO[Si](c1ccccc1)(c1ccccc1)C(C)(C)C)C(=O)OC. The maximum Gasteiger partial charge on any atom is 0.308 e. The summed E-state index contributed by atoms with van der Waals surface area (Å²) in [6, 6.07) is 21.3. The number of rotatable bonds is 11. The third kappa shape index (κ3) is 5.70. The molecular weight excluding hydrogens is 388 g/mol. The average molecular weight is 425 g/mol. The first-order valence-electron chi connectivity index (χ1n) is 10.8. The van der Waals surface area contributed by atoms with Gasteiger partial charge in [0.1, 0.15) is 0 Å². The van der Waals surface area contributed by atoms with Crippen molar-refractivity contribution >= 4 is 24.7 Å². The van der Waals surface area contributed by atoms with Crippen LogP contribution in [0.5, 0.6) is 0 Å². The Bertz CT molecular complexity index is 741. The summed E-state index contributed by atoms with van der Waals surface area (Å²) >= 11 is 0. The van der Waals surface area contributed by atoms with Crippen molar-refractivity contribution in [3.63, 3.8) is 0 Å². The monoisotopic (exact) mass is 424 g/mol. The van der Waals surface area contributed by atoms with E-state index in [4.69, 9.17) is 9.16 Å². The Morgan fingerprint density at radius 1 is 1.00 bits per heavy atom. The minimum absolute atomic E-state index is 0.0414. The zero-order chi connectivity index (χ0) is 22.0. The first-order valence-corrected chi connectivity index (χ1v) is 12.7. The molecule has 30 heavy (non-hydrogen) atoms. The van der Waals surface area contributed by atoms with Crippen molar-refractivity contribution in [1.29, 1.82) is 0 Å². The molecule has 0 fully saturated rings. The number of methoxy groups -OCH3 is 1. The van der Waals surface area contributed by atoms with E-state index in [1.807, 2.05) is 6.08 Å². The van der Waals surface area contributed by atoms with Crippen LogP contribution in [-0.2, 0) is 14.0 Å². The second-order valence-electron chi connectivity index (χ2n) is 8.74. The van der Waals surface area contributed by atoms with Gasteiger partial charge in [0.15, 0.2) is 0 Å². The van der Waals surface area contributed by atoms with E-state index in [-0.39, 0.29) is 16.9 Å². The van der Waals surface area contributed by atoms with E-state index < -0.39 is 8.32 Å². The number of carbonyl (C=O) groups excluding carboxylic acids is 1. The van der Waals surface area contributed by atoms with Gasteiger partial charge in [-0.25, -0.2) is 0 Å². The second kappa shape index (κ2) is 11.3. The standard InChI is InChI=1S/C26H36O3Si/c1-6-7-15-22(25(27)28-5)16-14-21-29-30(26(2,3)4,23-17-10-8-11-18-23)24-19-12-9-13-20-24/h6,8-13,17-20,22H,1,7,14-16,21H2,2-5H3. The van der Waals surface area contributed by atoms with Crippen molar-refractivity contribution in [3.8, 4) is 0 Å². The van der Waals surface area contributed by atoms with E-state index in [2.05, 4.69) is 88.0 Å². The van der Waals surface area contributed by atoms with Crippen molar-refractivity contribution in [2.24, 2.45) is 5.92 Å².